The lowest BCUT2D eigenvalue weighted by Gasteiger charge is -2.06. The summed E-state index contributed by atoms with van der Waals surface area (Å²) in [6.07, 6.45) is 1.46. The number of rotatable bonds is 2. The molecule has 1 unspecified atom stereocenters. The first-order valence-corrected chi connectivity index (χ1v) is 3.35. The van der Waals surface area contributed by atoms with Gasteiger partial charge in [0.1, 0.15) is 0 Å². The van der Waals surface area contributed by atoms with Gasteiger partial charge in [0, 0.05) is 6.54 Å². The van der Waals surface area contributed by atoms with Gasteiger partial charge >= 0.3 is 0 Å². The molecule has 0 aromatic heterocycles. The molecule has 1 heteroatoms. The van der Waals surface area contributed by atoms with Gasteiger partial charge in [-0.15, -0.1) is 0 Å². The first-order valence-electron chi connectivity index (χ1n) is 3.35. The summed E-state index contributed by atoms with van der Waals surface area (Å²) < 4.78 is 0. The van der Waals surface area contributed by atoms with Gasteiger partial charge in [0.25, 0.3) is 0 Å². The van der Waals surface area contributed by atoms with Crippen LogP contribution < -0.4 is 0 Å². The normalized spacial score (nSPS) is 36.0. The molecule has 0 N–H and O–H groups in total. The Hall–Kier alpha value is -0.0400. The third kappa shape index (κ3) is 1.48. The molecule has 0 spiro atoms. The van der Waals surface area contributed by atoms with E-state index < -0.39 is 0 Å². The molecule has 0 heterocycles. The van der Waals surface area contributed by atoms with Crippen molar-refractivity contribution in [3.63, 3.8) is 0 Å². The van der Waals surface area contributed by atoms with Crippen LogP contribution in [0.4, 0.5) is 0 Å². The van der Waals surface area contributed by atoms with E-state index >= 15 is 0 Å². The highest BCUT2D eigenvalue weighted by atomic mass is 15.1. The highest BCUT2D eigenvalue weighted by Crippen LogP contribution is 2.37. The van der Waals surface area contributed by atoms with Gasteiger partial charge in [-0.2, -0.15) is 0 Å². The minimum Gasteiger partial charge on any atom is -0.309 e. The predicted molar refractivity (Wildman–Crippen MR) is 35.8 cm³/mol. The average Bonchev–Trinajstić information content (AvgIpc) is 2.17. The van der Waals surface area contributed by atoms with Gasteiger partial charge in [-0.1, -0.05) is 6.92 Å². The van der Waals surface area contributed by atoms with Crippen LogP contribution in [-0.2, 0) is 0 Å². The quantitative estimate of drug-likeness (QED) is 0.520. The summed E-state index contributed by atoms with van der Waals surface area (Å²) in [5.41, 5.74) is 0. The van der Waals surface area contributed by atoms with E-state index in [0.717, 1.165) is 11.8 Å². The summed E-state index contributed by atoms with van der Waals surface area (Å²) >= 11 is 0. The zero-order chi connectivity index (χ0) is 6.15. The van der Waals surface area contributed by atoms with Crippen LogP contribution in [0.3, 0.4) is 0 Å². The standard InChI is InChI=1S/C7H15N/c1-6-4-7(6)5-8(2)3/h6-7H,4-5H2,1-3H3/t6-,7?/m1/s1. The molecule has 1 fully saturated rings. The minimum absolute atomic E-state index is 1.01. The molecule has 0 aliphatic heterocycles. The van der Waals surface area contributed by atoms with Gasteiger partial charge in [-0.3, -0.25) is 0 Å². The smallest absolute Gasteiger partial charge is 0.000621 e. The molecule has 1 saturated carbocycles. The third-order valence-electron chi connectivity index (χ3n) is 1.88. The lowest BCUT2D eigenvalue weighted by Crippen LogP contribution is -2.14. The molecule has 1 aliphatic carbocycles. The predicted octanol–water partition coefficient (Wildman–Crippen LogP) is 1.20. The summed E-state index contributed by atoms with van der Waals surface area (Å²) in [7, 11) is 4.29. The molecule has 0 aromatic rings. The van der Waals surface area contributed by atoms with E-state index in [4.69, 9.17) is 0 Å². The van der Waals surface area contributed by atoms with E-state index in [2.05, 4.69) is 25.9 Å². The zero-order valence-electron chi connectivity index (χ0n) is 6.02. The third-order valence-corrected chi connectivity index (χ3v) is 1.88. The molecular weight excluding hydrogens is 98.1 g/mol. The van der Waals surface area contributed by atoms with Crippen LogP contribution in [0, 0.1) is 11.8 Å². The maximum atomic E-state index is 2.33. The van der Waals surface area contributed by atoms with Gasteiger partial charge in [0.15, 0.2) is 0 Å². The lowest BCUT2D eigenvalue weighted by molar-refractivity contribution is 0.381. The summed E-state index contributed by atoms with van der Waals surface area (Å²) in [5.74, 6) is 2.03. The van der Waals surface area contributed by atoms with Gasteiger partial charge in [0.2, 0.25) is 0 Å². The maximum Gasteiger partial charge on any atom is 0.000621 e. The van der Waals surface area contributed by atoms with Crippen LogP contribution >= 0.6 is 0 Å². The first-order chi connectivity index (χ1) is 3.70. The van der Waals surface area contributed by atoms with Crippen LogP contribution in [0.15, 0.2) is 0 Å². The largest absolute Gasteiger partial charge is 0.309 e. The Morgan fingerprint density at radius 2 is 2.00 bits per heavy atom. The molecule has 1 nitrogen and oxygen atoms in total. The second kappa shape index (κ2) is 2.06. The van der Waals surface area contributed by atoms with E-state index in [0.29, 0.717) is 0 Å². The van der Waals surface area contributed by atoms with Gasteiger partial charge in [-0.25, -0.2) is 0 Å². The van der Waals surface area contributed by atoms with Crippen molar-refractivity contribution in [1.82, 2.24) is 4.90 Å². The Labute approximate surface area is 51.7 Å². The summed E-state index contributed by atoms with van der Waals surface area (Å²) in [6, 6.07) is 0. The zero-order valence-corrected chi connectivity index (χ0v) is 6.02. The molecule has 1 rings (SSSR count). The summed E-state index contributed by atoms with van der Waals surface area (Å²) in [6.45, 7) is 3.62. The van der Waals surface area contributed by atoms with E-state index in [1.54, 1.807) is 0 Å². The molecule has 0 bridgehead atoms. The Balaban J connectivity index is 2.05. The molecule has 0 radical (unpaired) electrons. The van der Waals surface area contributed by atoms with Gasteiger partial charge in [0.05, 0.1) is 0 Å². The summed E-state index contributed by atoms with van der Waals surface area (Å²) in [4.78, 5) is 2.27. The highest BCUT2D eigenvalue weighted by molar-refractivity contribution is 4.83. The highest BCUT2D eigenvalue weighted by Gasteiger charge is 2.32. The topological polar surface area (TPSA) is 3.24 Å². The minimum atomic E-state index is 1.01. The molecule has 8 heavy (non-hydrogen) atoms. The maximum absolute atomic E-state index is 2.33. The molecule has 0 aromatic carbocycles. The fraction of sp³-hybridized carbons (Fsp3) is 1.00. The van der Waals surface area contributed by atoms with Crippen molar-refractivity contribution in [1.29, 1.82) is 0 Å². The van der Waals surface area contributed by atoms with Crippen molar-refractivity contribution in [2.75, 3.05) is 20.6 Å². The van der Waals surface area contributed by atoms with E-state index in [1.807, 2.05) is 0 Å². The Kier molecular flexibility index (Phi) is 1.57. The van der Waals surface area contributed by atoms with Crippen molar-refractivity contribution < 1.29 is 0 Å². The van der Waals surface area contributed by atoms with Crippen LogP contribution in [0.25, 0.3) is 0 Å². The van der Waals surface area contributed by atoms with E-state index in [1.165, 1.54) is 13.0 Å². The van der Waals surface area contributed by atoms with Crippen molar-refractivity contribution in [2.45, 2.75) is 13.3 Å². The molecule has 1 aliphatic rings. The molecule has 2 atom stereocenters. The molecule has 0 amide bonds. The number of hydrogen-bond acceptors (Lipinski definition) is 1. The van der Waals surface area contributed by atoms with Crippen molar-refractivity contribution in [2.24, 2.45) is 11.8 Å². The van der Waals surface area contributed by atoms with Crippen molar-refractivity contribution in [3.8, 4) is 0 Å². The van der Waals surface area contributed by atoms with E-state index in [-0.39, 0.29) is 0 Å². The fourth-order valence-electron chi connectivity index (χ4n) is 1.12. The lowest BCUT2D eigenvalue weighted by atomic mass is 10.3. The monoisotopic (exact) mass is 113 g/mol. The van der Waals surface area contributed by atoms with E-state index in [9.17, 15) is 0 Å². The fourth-order valence-corrected chi connectivity index (χ4v) is 1.12. The molecule has 48 valence electrons. The second-order valence-corrected chi connectivity index (χ2v) is 3.24. The molecular formula is C7H15N. The van der Waals surface area contributed by atoms with Crippen LogP contribution in [-0.4, -0.2) is 25.5 Å². The van der Waals surface area contributed by atoms with Crippen LogP contribution in [0.5, 0.6) is 0 Å². The van der Waals surface area contributed by atoms with Crippen molar-refractivity contribution in [3.05, 3.63) is 0 Å². The Morgan fingerprint density at radius 1 is 1.50 bits per heavy atom. The number of hydrogen-bond donors (Lipinski definition) is 0. The van der Waals surface area contributed by atoms with Crippen LogP contribution in [0.2, 0.25) is 0 Å². The molecule has 0 saturated heterocycles. The first kappa shape index (κ1) is 6.09. The Morgan fingerprint density at radius 3 is 2.12 bits per heavy atom. The number of nitrogens with zero attached hydrogens (tertiary/aromatic N) is 1. The average molecular weight is 113 g/mol. The van der Waals surface area contributed by atoms with Crippen LogP contribution in [0.1, 0.15) is 13.3 Å². The second-order valence-electron chi connectivity index (χ2n) is 3.24. The Bertz CT molecular complexity index is 78.5. The van der Waals surface area contributed by atoms with Gasteiger partial charge in [-0.05, 0) is 32.4 Å². The van der Waals surface area contributed by atoms with Gasteiger partial charge < -0.3 is 4.90 Å². The SMILES string of the molecule is C[C@@H]1CC1CN(C)C. The van der Waals surface area contributed by atoms with Crippen molar-refractivity contribution >= 4 is 0 Å². The summed E-state index contributed by atoms with van der Waals surface area (Å²) in [5, 5.41) is 0.